The Morgan fingerprint density at radius 2 is 2.50 bits per heavy atom. The normalized spacial score (nSPS) is 23.3. The lowest BCUT2D eigenvalue weighted by Crippen LogP contribution is -2.12. The third kappa shape index (κ3) is 1.58. The lowest BCUT2D eigenvalue weighted by Gasteiger charge is -2.08. The van der Waals surface area contributed by atoms with Crippen molar-refractivity contribution >= 4 is 27.3 Å². The molecule has 0 aromatic carbocycles. The van der Waals surface area contributed by atoms with E-state index in [0.717, 1.165) is 0 Å². The molecule has 1 unspecified atom stereocenters. The van der Waals surface area contributed by atoms with Crippen LogP contribution in [0.3, 0.4) is 0 Å². The van der Waals surface area contributed by atoms with Crippen molar-refractivity contribution in [2.45, 2.75) is 25.8 Å². The molecule has 1 aliphatic heterocycles. The van der Waals surface area contributed by atoms with E-state index in [-0.39, 0.29) is 0 Å². The molecule has 2 rings (SSSR count). The third-order valence-electron chi connectivity index (χ3n) is 2.36. The second-order valence-electron chi connectivity index (χ2n) is 3.21. The number of nitrogens with one attached hydrogen (secondary N) is 1. The van der Waals surface area contributed by atoms with E-state index in [0.29, 0.717) is 6.04 Å². The molecule has 1 fully saturated rings. The Hall–Kier alpha value is 0.140. The monoisotopic (exact) mass is 245 g/mol. The Morgan fingerprint density at radius 3 is 3.00 bits per heavy atom. The highest BCUT2D eigenvalue weighted by molar-refractivity contribution is 9.11. The van der Waals surface area contributed by atoms with Gasteiger partial charge in [0.2, 0.25) is 0 Å². The summed E-state index contributed by atoms with van der Waals surface area (Å²) in [4.78, 5) is 1.45. The third-order valence-corrected chi connectivity index (χ3v) is 3.93. The second kappa shape index (κ2) is 3.48. The maximum atomic E-state index is 3.52. The van der Waals surface area contributed by atoms with Crippen molar-refractivity contribution in [3.63, 3.8) is 0 Å². The zero-order valence-corrected chi connectivity index (χ0v) is 9.46. The van der Waals surface area contributed by atoms with Crippen molar-refractivity contribution < 1.29 is 0 Å². The van der Waals surface area contributed by atoms with Crippen molar-refractivity contribution in [2.24, 2.45) is 0 Å². The van der Waals surface area contributed by atoms with E-state index in [4.69, 9.17) is 0 Å². The van der Waals surface area contributed by atoms with Gasteiger partial charge < -0.3 is 5.32 Å². The summed E-state index contributed by atoms with van der Waals surface area (Å²) < 4.78 is 1.25. The highest BCUT2D eigenvalue weighted by Crippen LogP contribution is 2.33. The van der Waals surface area contributed by atoms with Crippen LogP contribution in [0.2, 0.25) is 0 Å². The van der Waals surface area contributed by atoms with Crippen molar-refractivity contribution in [1.29, 1.82) is 0 Å². The smallest absolute Gasteiger partial charge is 0.0704 e. The van der Waals surface area contributed by atoms with E-state index in [9.17, 15) is 0 Å². The van der Waals surface area contributed by atoms with Crippen molar-refractivity contribution in [1.82, 2.24) is 5.32 Å². The van der Waals surface area contributed by atoms with Crippen LogP contribution in [0.15, 0.2) is 9.85 Å². The molecule has 1 atom stereocenters. The van der Waals surface area contributed by atoms with E-state index in [1.807, 2.05) is 11.3 Å². The number of rotatable bonds is 1. The molecule has 1 nitrogen and oxygen atoms in total. The predicted octanol–water partition coefficient (Wildman–Crippen LogP) is 3.24. The molecule has 0 spiro atoms. The van der Waals surface area contributed by atoms with Crippen molar-refractivity contribution in [3.05, 3.63) is 20.3 Å². The SMILES string of the molecule is Cc1sc(Br)cc1C1CCCN1. The minimum absolute atomic E-state index is 0.618. The molecule has 1 aromatic rings. The van der Waals surface area contributed by atoms with Gasteiger partial charge in [0.1, 0.15) is 0 Å². The molecular weight excluding hydrogens is 234 g/mol. The molecule has 1 aromatic heterocycles. The summed E-state index contributed by atoms with van der Waals surface area (Å²) in [5, 5.41) is 3.51. The standard InChI is InChI=1S/C9H12BrNS/c1-6-7(5-9(10)12-6)8-3-2-4-11-8/h5,8,11H,2-4H2,1H3. The van der Waals surface area contributed by atoms with E-state index in [2.05, 4.69) is 34.2 Å². The van der Waals surface area contributed by atoms with Gasteiger partial charge in [0, 0.05) is 10.9 Å². The van der Waals surface area contributed by atoms with Crippen LogP contribution in [-0.4, -0.2) is 6.54 Å². The van der Waals surface area contributed by atoms with Crippen molar-refractivity contribution in [3.8, 4) is 0 Å². The molecule has 0 radical (unpaired) electrons. The van der Waals surface area contributed by atoms with Gasteiger partial charge in [-0.3, -0.25) is 0 Å². The molecule has 0 bridgehead atoms. The van der Waals surface area contributed by atoms with Gasteiger partial charge in [-0.25, -0.2) is 0 Å². The van der Waals surface area contributed by atoms with Gasteiger partial charge in [0.25, 0.3) is 0 Å². The minimum Gasteiger partial charge on any atom is -0.310 e. The van der Waals surface area contributed by atoms with Gasteiger partial charge >= 0.3 is 0 Å². The molecule has 1 saturated heterocycles. The molecule has 3 heteroatoms. The average Bonchev–Trinajstić information content (AvgIpc) is 2.58. The molecular formula is C9H12BrNS. The fraction of sp³-hybridized carbons (Fsp3) is 0.556. The molecule has 0 saturated carbocycles. The molecule has 1 aliphatic rings. The first-order valence-electron chi connectivity index (χ1n) is 4.26. The largest absolute Gasteiger partial charge is 0.310 e. The Balaban J connectivity index is 2.25. The van der Waals surface area contributed by atoms with Crippen LogP contribution in [0.5, 0.6) is 0 Å². The summed E-state index contributed by atoms with van der Waals surface area (Å²) in [5.41, 5.74) is 1.49. The van der Waals surface area contributed by atoms with Gasteiger partial charge in [-0.1, -0.05) is 0 Å². The zero-order valence-electron chi connectivity index (χ0n) is 7.06. The number of halogens is 1. The summed E-state index contributed by atoms with van der Waals surface area (Å²) in [5.74, 6) is 0. The lowest BCUT2D eigenvalue weighted by molar-refractivity contribution is 0.647. The lowest BCUT2D eigenvalue weighted by atomic mass is 10.1. The number of aryl methyl sites for hydroxylation is 1. The van der Waals surface area contributed by atoms with Crippen LogP contribution in [0.25, 0.3) is 0 Å². The van der Waals surface area contributed by atoms with E-state index in [1.54, 1.807) is 0 Å². The fourth-order valence-corrected chi connectivity index (χ4v) is 3.53. The Bertz CT molecular complexity index is 276. The predicted molar refractivity (Wildman–Crippen MR) is 56.7 cm³/mol. The zero-order chi connectivity index (χ0) is 8.55. The van der Waals surface area contributed by atoms with E-state index >= 15 is 0 Å². The first-order valence-corrected chi connectivity index (χ1v) is 5.87. The first-order chi connectivity index (χ1) is 5.77. The van der Waals surface area contributed by atoms with Crippen LogP contribution < -0.4 is 5.32 Å². The quantitative estimate of drug-likeness (QED) is 0.802. The van der Waals surface area contributed by atoms with E-state index in [1.165, 1.54) is 33.6 Å². The van der Waals surface area contributed by atoms with Crippen LogP contribution in [0.1, 0.15) is 29.3 Å². The average molecular weight is 246 g/mol. The minimum atomic E-state index is 0.618. The highest BCUT2D eigenvalue weighted by Gasteiger charge is 2.19. The van der Waals surface area contributed by atoms with Gasteiger partial charge in [-0.2, -0.15) is 0 Å². The molecule has 1 N–H and O–H groups in total. The Labute approximate surface area is 85.3 Å². The molecule has 12 heavy (non-hydrogen) atoms. The Morgan fingerprint density at radius 1 is 1.67 bits per heavy atom. The maximum absolute atomic E-state index is 3.52. The summed E-state index contributed by atoms with van der Waals surface area (Å²) in [7, 11) is 0. The van der Waals surface area contributed by atoms with Gasteiger partial charge in [0.05, 0.1) is 3.79 Å². The second-order valence-corrected chi connectivity index (χ2v) is 5.85. The van der Waals surface area contributed by atoms with Gasteiger partial charge in [-0.05, 0) is 53.9 Å². The Kier molecular flexibility index (Phi) is 2.53. The molecule has 2 heterocycles. The maximum Gasteiger partial charge on any atom is 0.0704 e. The highest BCUT2D eigenvalue weighted by atomic mass is 79.9. The van der Waals surface area contributed by atoms with Gasteiger partial charge in [-0.15, -0.1) is 11.3 Å². The number of hydrogen-bond acceptors (Lipinski definition) is 2. The van der Waals surface area contributed by atoms with Crippen LogP contribution >= 0.6 is 27.3 Å². The topological polar surface area (TPSA) is 12.0 Å². The van der Waals surface area contributed by atoms with Crippen LogP contribution in [0, 0.1) is 6.92 Å². The van der Waals surface area contributed by atoms with Gasteiger partial charge in [0.15, 0.2) is 0 Å². The summed E-state index contributed by atoms with van der Waals surface area (Å²) in [6, 6.07) is 2.87. The molecule has 66 valence electrons. The van der Waals surface area contributed by atoms with E-state index < -0.39 is 0 Å². The van der Waals surface area contributed by atoms with Crippen LogP contribution in [-0.2, 0) is 0 Å². The number of thiophene rings is 1. The fourth-order valence-electron chi connectivity index (χ4n) is 1.75. The van der Waals surface area contributed by atoms with Crippen LogP contribution in [0.4, 0.5) is 0 Å². The summed E-state index contributed by atoms with van der Waals surface area (Å²) >= 11 is 5.35. The number of hydrogen-bond donors (Lipinski definition) is 1. The summed E-state index contributed by atoms with van der Waals surface area (Å²) in [6.45, 7) is 3.38. The summed E-state index contributed by atoms with van der Waals surface area (Å²) in [6.07, 6.45) is 2.61. The first kappa shape index (κ1) is 8.73. The molecule has 0 amide bonds. The molecule has 0 aliphatic carbocycles. The van der Waals surface area contributed by atoms with Crippen molar-refractivity contribution in [2.75, 3.05) is 6.54 Å².